The summed E-state index contributed by atoms with van der Waals surface area (Å²) in [7, 11) is -1.88. The van der Waals surface area contributed by atoms with Crippen LogP contribution in [0, 0.1) is 0 Å². The highest BCUT2D eigenvalue weighted by Crippen LogP contribution is 2.49. The Kier molecular flexibility index (Phi) is 4.32. The molecule has 0 fully saturated rings. The second kappa shape index (κ2) is 6.23. The van der Waals surface area contributed by atoms with Crippen molar-refractivity contribution in [2.24, 2.45) is 0 Å². The lowest BCUT2D eigenvalue weighted by atomic mass is 10.0. The molecule has 0 amide bonds. The van der Waals surface area contributed by atoms with E-state index in [1.807, 2.05) is 0 Å². The molecule has 2 aromatic rings. The minimum atomic E-state index is -1.88. The Morgan fingerprint density at radius 1 is 0.864 bits per heavy atom. The molecule has 0 spiro atoms. The first-order valence-corrected chi connectivity index (χ1v) is 10.5. The first kappa shape index (κ1) is 15.3. The van der Waals surface area contributed by atoms with Gasteiger partial charge in [0.05, 0.1) is 6.10 Å². The predicted octanol–water partition coefficient (Wildman–Crippen LogP) is 5.76. The van der Waals surface area contributed by atoms with Crippen LogP contribution < -0.4 is 0 Å². The molecule has 0 aliphatic carbocycles. The quantitative estimate of drug-likeness (QED) is 0.653. The van der Waals surface area contributed by atoms with Crippen molar-refractivity contribution in [3.63, 3.8) is 0 Å². The first-order chi connectivity index (χ1) is 10.7. The highest BCUT2D eigenvalue weighted by Gasteiger charge is 2.46. The van der Waals surface area contributed by atoms with E-state index in [0.29, 0.717) is 0 Å². The van der Waals surface area contributed by atoms with E-state index < -0.39 is 8.32 Å². The molecular weight excluding hydrogens is 284 g/mol. The Morgan fingerprint density at radius 3 is 1.95 bits per heavy atom. The van der Waals surface area contributed by atoms with E-state index >= 15 is 0 Å². The summed E-state index contributed by atoms with van der Waals surface area (Å²) < 4.78 is 6.78. The van der Waals surface area contributed by atoms with E-state index in [2.05, 4.69) is 81.4 Å². The van der Waals surface area contributed by atoms with Crippen molar-refractivity contribution >= 4 is 13.5 Å². The largest absolute Gasteiger partial charge is 0.402 e. The lowest BCUT2D eigenvalue weighted by Gasteiger charge is -2.28. The summed E-state index contributed by atoms with van der Waals surface area (Å²) in [6.07, 6.45) is 0.128. The molecule has 1 aliphatic rings. The highest BCUT2D eigenvalue weighted by molar-refractivity contribution is 6.92. The van der Waals surface area contributed by atoms with Crippen LogP contribution in [-0.4, -0.2) is 8.32 Å². The lowest BCUT2D eigenvalue weighted by molar-refractivity contribution is 0.247. The summed E-state index contributed by atoms with van der Waals surface area (Å²) in [6.45, 7) is 6.85. The van der Waals surface area contributed by atoms with Gasteiger partial charge in [0.1, 0.15) is 0 Å². The minimum Gasteiger partial charge on any atom is -0.402 e. The maximum Gasteiger partial charge on any atom is 0.225 e. The zero-order valence-electron chi connectivity index (χ0n) is 13.7. The Morgan fingerprint density at radius 2 is 1.41 bits per heavy atom. The molecule has 114 valence electrons. The Hall–Kier alpha value is -1.64. The zero-order valence-corrected chi connectivity index (χ0v) is 14.7. The fraction of sp³-hybridized carbons (Fsp3) is 0.300. The fourth-order valence-corrected chi connectivity index (χ4v) is 7.64. The summed E-state index contributed by atoms with van der Waals surface area (Å²) in [5.41, 5.74) is 4.05. The van der Waals surface area contributed by atoms with Gasteiger partial charge in [0.2, 0.25) is 8.32 Å². The summed E-state index contributed by atoms with van der Waals surface area (Å²) in [5.74, 6) is 0. The Balaban J connectivity index is 2.13. The van der Waals surface area contributed by atoms with Crippen LogP contribution >= 0.6 is 0 Å². The molecule has 3 rings (SSSR count). The van der Waals surface area contributed by atoms with Crippen molar-refractivity contribution in [2.75, 3.05) is 0 Å². The standard InChI is InChI=1S/C20H24OSi/c1-4-22(5-2)20(18-14-10-7-11-15-18)16(3)19(21-22)17-12-8-6-9-13-17/h6-15,19H,4-5H2,1-3H3. The summed E-state index contributed by atoms with van der Waals surface area (Å²) in [5, 5.41) is 1.52. The van der Waals surface area contributed by atoms with Gasteiger partial charge in [-0.25, -0.2) is 0 Å². The van der Waals surface area contributed by atoms with Gasteiger partial charge in [-0.05, 0) is 40.9 Å². The maximum absolute atomic E-state index is 6.78. The molecular formula is C20H24OSi. The molecule has 0 saturated carbocycles. The van der Waals surface area contributed by atoms with Gasteiger partial charge < -0.3 is 4.43 Å². The summed E-state index contributed by atoms with van der Waals surface area (Å²) in [6, 6.07) is 23.8. The normalized spacial score (nSPS) is 20.4. The first-order valence-electron chi connectivity index (χ1n) is 8.21. The van der Waals surface area contributed by atoms with Gasteiger partial charge in [-0.1, -0.05) is 74.5 Å². The van der Waals surface area contributed by atoms with E-state index in [9.17, 15) is 0 Å². The Labute approximate surface area is 134 Å². The van der Waals surface area contributed by atoms with Crippen LogP contribution in [0.3, 0.4) is 0 Å². The van der Waals surface area contributed by atoms with Gasteiger partial charge >= 0.3 is 0 Å². The van der Waals surface area contributed by atoms with E-state index in [-0.39, 0.29) is 6.10 Å². The number of hydrogen-bond acceptors (Lipinski definition) is 1. The third-order valence-electron chi connectivity index (χ3n) is 4.89. The molecule has 1 unspecified atom stereocenters. The molecule has 2 aromatic carbocycles. The van der Waals surface area contributed by atoms with Crippen LogP contribution in [0.25, 0.3) is 5.20 Å². The molecule has 1 atom stereocenters. The van der Waals surface area contributed by atoms with E-state index in [4.69, 9.17) is 4.43 Å². The molecule has 0 bridgehead atoms. The molecule has 0 saturated heterocycles. The van der Waals surface area contributed by atoms with Crippen molar-refractivity contribution in [2.45, 2.75) is 39.0 Å². The van der Waals surface area contributed by atoms with E-state index in [1.54, 1.807) is 0 Å². The van der Waals surface area contributed by atoms with Crippen LogP contribution in [0.2, 0.25) is 12.1 Å². The lowest BCUT2D eigenvalue weighted by Crippen LogP contribution is -2.35. The number of rotatable bonds is 4. The predicted molar refractivity (Wildman–Crippen MR) is 96.0 cm³/mol. The SMILES string of the molecule is CC[Si]1(CC)OC(c2ccccc2)C(C)=C1c1ccccc1. The smallest absolute Gasteiger partial charge is 0.225 e. The van der Waals surface area contributed by atoms with Gasteiger partial charge in [0.15, 0.2) is 0 Å². The van der Waals surface area contributed by atoms with Crippen molar-refractivity contribution in [3.8, 4) is 0 Å². The Bertz CT molecular complexity index is 657. The van der Waals surface area contributed by atoms with Crippen LogP contribution in [-0.2, 0) is 4.43 Å². The molecule has 1 nitrogen and oxygen atoms in total. The molecule has 1 heterocycles. The summed E-state index contributed by atoms with van der Waals surface area (Å²) >= 11 is 0. The van der Waals surface area contributed by atoms with Crippen molar-refractivity contribution < 1.29 is 4.43 Å². The molecule has 22 heavy (non-hydrogen) atoms. The third kappa shape index (κ3) is 2.47. The van der Waals surface area contributed by atoms with Crippen LogP contribution in [0.15, 0.2) is 66.2 Å². The van der Waals surface area contributed by atoms with Crippen molar-refractivity contribution in [1.82, 2.24) is 0 Å². The second-order valence-corrected chi connectivity index (χ2v) is 10.2. The number of hydrogen-bond donors (Lipinski definition) is 0. The van der Waals surface area contributed by atoms with Gasteiger partial charge in [0.25, 0.3) is 0 Å². The molecule has 2 heteroatoms. The van der Waals surface area contributed by atoms with Crippen molar-refractivity contribution in [3.05, 3.63) is 77.4 Å². The minimum absolute atomic E-state index is 0.128. The van der Waals surface area contributed by atoms with Gasteiger partial charge in [-0.15, -0.1) is 0 Å². The molecule has 0 N–H and O–H groups in total. The topological polar surface area (TPSA) is 9.23 Å². The highest BCUT2D eigenvalue weighted by atomic mass is 28.4. The fourth-order valence-electron chi connectivity index (χ4n) is 3.67. The van der Waals surface area contributed by atoms with Crippen LogP contribution in [0.5, 0.6) is 0 Å². The monoisotopic (exact) mass is 308 g/mol. The van der Waals surface area contributed by atoms with E-state index in [0.717, 1.165) is 12.1 Å². The summed E-state index contributed by atoms with van der Waals surface area (Å²) in [4.78, 5) is 0. The van der Waals surface area contributed by atoms with Gasteiger partial charge in [-0.3, -0.25) is 0 Å². The van der Waals surface area contributed by atoms with Crippen molar-refractivity contribution in [1.29, 1.82) is 0 Å². The average Bonchev–Trinajstić information content (AvgIpc) is 2.89. The average molecular weight is 308 g/mol. The van der Waals surface area contributed by atoms with Crippen LogP contribution in [0.1, 0.15) is 38.0 Å². The van der Waals surface area contributed by atoms with Crippen LogP contribution in [0.4, 0.5) is 0 Å². The third-order valence-corrected chi connectivity index (χ3v) is 9.46. The van der Waals surface area contributed by atoms with E-state index in [1.165, 1.54) is 21.9 Å². The maximum atomic E-state index is 6.78. The second-order valence-electron chi connectivity index (χ2n) is 6.03. The number of benzene rings is 2. The van der Waals surface area contributed by atoms with Gasteiger partial charge in [-0.2, -0.15) is 0 Å². The molecule has 1 aliphatic heterocycles. The zero-order chi connectivity index (χ0) is 15.6. The molecule has 0 aromatic heterocycles. The molecule has 0 radical (unpaired) electrons. The van der Waals surface area contributed by atoms with Gasteiger partial charge in [0, 0.05) is 0 Å².